The maximum atomic E-state index is 5.60. The van der Waals surface area contributed by atoms with Crippen molar-refractivity contribution in [3.05, 3.63) is 30.2 Å². The summed E-state index contributed by atoms with van der Waals surface area (Å²) in [4.78, 5) is 0. The minimum atomic E-state index is 0.660. The minimum absolute atomic E-state index is 0.660. The molecule has 4 heteroatoms. The second-order valence-electron chi connectivity index (χ2n) is 4.23. The van der Waals surface area contributed by atoms with E-state index in [1.165, 1.54) is 0 Å². The molecule has 0 amide bonds. The third-order valence-corrected chi connectivity index (χ3v) is 3.22. The van der Waals surface area contributed by atoms with Gasteiger partial charge in [0.1, 0.15) is 5.58 Å². The molecule has 0 radical (unpaired) electrons. The lowest BCUT2D eigenvalue weighted by Gasteiger charge is -2.08. The summed E-state index contributed by atoms with van der Waals surface area (Å²) in [5.41, 5.74) is 8.38. The van der Waals surface area contributed by atoms with Gasteiger partial charge in [-0.05, 0) is 31.5 Å². The number of hydrogen-bond acceptors (Lipinski definition) is 4. The summed E-state index contributed by atoms with van der Waals surface area (Å²) < 4.78 is 16.6. The Bertz CT molecular complexity index is 629. The van der Waals surface area contributed by atoms with Crippen molar-refractivity contribution in [1.82, 2.24) is 0 Å². The minimum Gasteiger partial charge on any atom is -0.492 e. The Morgan fingerprint density at radius 2 is 1.83 bits per heavy atom. The van der Waals surface area contributed by atoms with Crippen molar-refractivity contribution in [1.29, 1.82) is 0 Å². The molecule has 18 heavy (non-hydrogen) atoms. The van der Waals surface area contributed by atoms with Crippen LogP contribution in [-0.2, 0) is 6.42 Å². The average molecular weight is 245 g/mol. The second kappa shape index (κ2) is 4.38. The van der Waals surface area contributed by atoms with Crippen LogP contribution in [0.25, 0.3) is 21.9 Å². The summed E-state index contributed by atoms with van der Waals surface area (Å²) >= 11 is 0. The molecule has 0 aliphatic rings. The van der Waals surface area contributed by atoms with E-state index in [9.17, 15) is 0 Å². The maximum Gasteiger partial charge on any atom is 0.176 e. The first kappa shape index (κ1) is 11.2. The van der Waals surface area contributed by atoms with Gasteiger partial charge >= 0.3 is 0 Å². The number of rotatable bonds is 4. The monoisotopic (exact) mass is 245 g/mol. The Morgan fingerprint density at radius 3 is 2.56 bits per heavy atom. The summed E-state index contributed by atoms with van der Waals surface area (Å²) in [5.74, 6) is 0.732. The van der Waals surface area contributed by atoms with Crippen molar-refractivity contribution >= 4 is 21.9 Å². The second-order valence-corrected chi connectivity index (χ2v) is 4.23. The van der Waals surface area contributed by atoms with Gasteiger partial charge in [-0.25, -0.2) is 0 Å². The zero-order valence-electron chi connectivity index (χ0n) is 10.2. The summed E-state index contributed by atoms with van der Waals surface area (Å²) in [5, 5.41) is 2.00. The highest BCUT2D eigenvalue weighted by molar-refractivity contribution is 6.04. The summed E-state index contributed by atoms with van der Waals surface area (Å²) in [7, 11) is 1.64. The highest BCUT2D eigenvalue weighted by Gasteiger charge is 2.18. The van der Waals surface area contributed by atoms with E-state index in [-0.39, 0.29) is 0 Å². The van der Waals surface area contributed by atoms with Crippen LogP contribution in [0.3, 0.4) is 0 Å². The van der Waals surface area contributed by atoms with E-state index in [1.54, 1.807) is 19.6 Å². The molecular formula is C14H15NO3. The van der Waals surface area contributed by atoms with E-state index >= 15 is 0 Å². The van der Waals surface area contributed by atoms with E-state index < -0.39 is 0 Å². The SMILES string of the molecule is COc1c2ccoc2c(CCCN)c2ccoc12. The first-order chi connectivity index (χ1) is 8.86. The molecule has 0 aliphatic carbocycles. The lowest BCUT2D eigenvalue weighted by Crippen LogP contribution is -2.01. The number of nitrogens with two attached hydrogens (primary N) is 1. The zero-order valence-corrected chi connectivity index (χ0v) is 10.2. The van der Waals surface area contributed by atoms with Gasteiger partial charge in [0.05, 0.1) is 25.0 Å². The largest absolute Gasteiger partial charge is 0.492 e. The molecule has 0 spiro atoms. The van der Waals surface area contributed by atoms with Gasteiger partial charge in [0, 0.05) is 10.9 Å². The average Bonchev–Trinajstić information content (AvgIpc) is 3.02. The molecule has 1 aromatic carbocycles. The van der Waals surface area contributed by atoms with Crippen LogP contribution in [0.2, 0.25) is 0 Å². The van der Waals surface area contributed by atoms with E-state index in [0.717, 1.165) is 46.1 Å². The number of ether oxygens (including phenoxy) is 1. The predicted octanol–water partition coefficient (Wildman–Crippen LogP) is 3.08. The molecule has 0 fully saturated rings. The molecule has 0 saturated carbocycles. The molecule has 2 heterocycles. The Balaban J connectivity index is 2.35. The van der Waals surface area contributed by atoms with Crippen molar-refractivity contribution in [2.24, 2.45) is 5.73 Å². The van der Waals surface area contributed by atoms with E-state index in [0.29, 0.717) is 6.54 Å². The fourth-order valence-electron chi connectivity index (χ4n) is 2.42. The number of furan rings is 2. The quantitative estimate of drug-likeness (QED) is 0.767. The first-order valence-electron chi connectivity index (χ1n) is 6.00. The van der Waals surface area contributed by atoms with Crippen LogP contribution in [0.5, 0.6) is 5.75 Å². The maximum absolute atomic E-state index is 5.60. The Kier molecular flexibility index (Phi) is 2.72. The molecule has 3 rings (SSSR count). The van der Waals surface area contributed by atoms with Crippen LogP contribution in [0, 0.1) is 0 Å². The van der Waals surface area contributed by atoms with Crippen molar-refractivity contribution in [2.45, 2.75) is 12.8 Å². The summed E-state index contributed by atoms with van der Waals surface area (Å²) in [6, 6.07) is 3.85. The Hall–Kier alpha value is -1.94. The lowest BCUT2D eigenvalue weighted by molar-refractivity contribution is 0.415. The van der Waals surface area contributed by atoms with E-state index in [2.05, 4.69) is 0 Å². The van der Waals surface area contributed by atoms with Crippen LogP contribution in [-0.4, -0.2) is 13.7 Å². The molecule has 0 saturated heterocycles. The van der Waals surface area contributed by atoms with Gasteiger partial charge in [-0.1, -0.05) is 0 Å². The summed E-state index contributed by atoms with van der Waals surface area (Å²) in [6.07, 6.45) is 5.15. The fourth-order valence-corrected chi connectivity index (χ4v) is 2.42. The van der Waals surface area contributed by atoms with Crippen LogP contribution < -0.4 is 10.5 Å². The van der Waals surface area contributed by atoms with Gasteiger partial charge in [-0.2, -0.15) is 0 Å². The van der Waals surface area contributed by atoms with E-state index in [4.69, 9.17) is 19.3 Å². The topological polar surface area (TPSA) is 61.5 Å². The molecule has 94 valence electrons. The molecule has 2 aromatic heterocycles. The summed E-state index contributed by atoms with van der Waals surface area (Å²) in [6.45, 7) is 0.660. The van der Waals surface area contributed by atoms with Gasteiger partial charge in [0.15, 0.2) is 11.3 Å². The van der Waals surface area contributed by atoms with Crippen molar-refractivity contribution < 1.29 is 13.6 Å². The number of benzene rings is 1. The van der Waals surface area contributed by atoms with Gasteiger partial charge in [-0.15, -0.1) is 0 Å². The zero-order chi connectivity index (χ0) is 12.5. The molecular weight excluding hydrogens is 230 g/mol. The Labute approximate surface area is 104 Å². The van der Waals surface area contributed by atoms with Crippen LogP contribution in [0.1, 0.15) is 12.0 Å². The van der Waals surface area contributed by atoms with Crippen LogP contribution >= 0.6 is 0 Å². The number of fused-ring (bicyclic) bond motifs is 2. The molecule has 0 bridgehead atoms. The fraction of sp³-hybridized carbons (Fsp3) is 0.286. The predicted molar refractivity (Wildman–Crippen MR) is 69.9 cm³/mol. The molecule has 0 unspecified atom stereocenters. The molecule has 3 aromatic rings. The Morgan fingerprint density at radius 1 is 1.11 bits per heavy atom. The van der Waals surface area contributed by atoms with Gasteiger partial charge in [-0.3, -0.25) is 0 Å². The lowest BCUT2D eigenvalue weighted by atomic mass is 10.0. The van der Waals surface area contributed by atoms with Gasteiger partial charge in [0.2, 0.25) is 0 Å². The number of hydrogen-bond donors (Lipinski definition) is 1. The third-order valence-electron chi connectivity index (χ3n) is 3.22. The van der Waals surface area contributed by atoms with Crippen LogP contribution in [0.15, 0.2) is 33.5 Å². The standard InChI is InChI=1S/C14H15NO3/c1-16-13-11-5-8-17-12(11)9(3-2-6-15)10-4-7-18-14(10)13/h4-5,7-8H,2-3,6,15H2,1H3. The van der Waals surface area contributed by atoms with Gasteiger partial charge < -0.3 is 19.3 Å². The van der Waals surface area contributed by atoms with Crippen molar-refractivity contribution in [3.63, 3.8) is 0 Å². The highest BCUT2D eigenvalue weighted by atomic mass is 16.5. The first-order valence-corrected chi connectivity index (χ1v) is 6.00. The van der Waals surface area contributed by atoms with Crippen molar-refractivity contribution in [2.75, 3.05) is 13.7 Å². The normalized spacial score (nSPS) is 11.4. The molecule has 4 nitrogen and oxygen atoms in total. The number of aryl methyl sites for hydroxylation is 1. The smallest absolute Gasteiger partial charge is 0.176 e. The van der Waals surface area contributed by atoms with Crippen molar-refractivity contribution in [3.8, 4) is 5.75 Å². The van der Waals surface area contributed by atoms with Crippen LogP contribution in [0.4, 0.5) is 0 Å². The number of methoxy groups -OCH3 is 1. The highest BCUT2D eigenvalue weighted by Crippen LogP contribution is 2.39. The van der Waals surface area contributed by atoms with Gasteiger partial charge in [0.25, 0.3) is 0 Å². The third kappa shape index (κ3) is 1.49. The van der Waals surface area contributed by atoms with E-state index in [1.807, 2.05) is 12.1 Å². The molecule has 0 atom stereocenters. The molecule has 2 N–H and O–H groups in total. The molecule has 0 aliphatic heterocycles.